The summed E-state index contributed by atoms with van der Waals surface area (Å²) in [5, 5.41) is 0.768. The standard InChI is InChI=1S/C12H14ClN3O2S/c1-7-11(18-3)10(17)8(4-14-7)6-16(2)12-15-5-9(13)19-12/h4-5H,6H2,1-3H3,(H,14,17). The van der Waals surface area contributed by atoms with Gasteiger partial charge in [0, 0.05) is 18.8 Å². The zero-order valence-electron chi connectivity index (χ0n) is 10.9. The van der Waals surface area contributed by atoms with Crippen LogP contribution in [0.2, 0.25) is 4.34 Å². The number of thiazole rings is 1. The first kappa shape index (κ1) is 13.9. The highest BCUT2D eigenvalue weighted by atomic mass is 35.5. The third kappa shape index (κ3) is 2.90. The molecule has 0 amide bonds. The van der Waals surface area contributed by atoms with Gasteiger partial charge in [0.05, 0.1) is 25.5 Å². The monoisotopic (exact) mass is 299 g/mol. The Bertz CT molecular complexity index is 638. The summed E-state index contributed by atoms with van der Waals surface area (Å²) in [5.41, 5.74) is 1.24. The zero-order chi connectivity index (χ0) is 14.0. The topological polar surface area (TPSA) is 58.2 Å². The summed E-state index contributed by atoms with van der Waals surface area (Å²) in [6.07, 6.45) is 3.30. The van der Waals surface area contributed by atoms with Crippen molar-refractivity contribution in [2.24, 2.45) is 0 Å². The van der Waals surface area contributed by atoms with Crippen molar-refractivity contribution in [3.05, 3.63) is 38.2 Å². The van der Waals surface area contributed by atoms with Crippen molar-refractivity contribution in [2.45, 2.75) is 13.5 Å². The summed E-state index contributed by atoms with van der Waals surface area (Å²) in [7, 11) is 3.35. The van der Waals surface area contributed by atoms with Gasteiger partial charge in [0.25, 0.3) is 0 Å². The van der Waals surface area contributed by atoms with Crippen LogP contribution in [-0.4, -0.2) is 24.1 Å². The van der Waals surface area contributed by atoms with Crippen molar-refractivity contribution < 1.29 is 4.74 Å². The second-order valence-corrected chi connectivity index (χ2v) is 5.74. The number of halogens is 1. The summed E-state index contributed by atoms with van der Waals surface area (Å²) in [5.74, 6) is 0.350. The van der Waals surface area contributed by atoms with Crippen molar-refractivity contribution in [1.29, 1.82) is 0 Å². The number of nitrogens with zero attached hydrogens (tertiary/aromatic N) is 2. The Morgan fingerprint density at radius 2 is 2.32 bits per heavy atom. The number of rotatable bonds is 4. The smallest absolute Gasteiger partial charge is 0.228 e. The minimum absolute atomic E-state index is 0.103. The molecule has 2 aromatic rings. The van der Waals surface area contributed by atoms with Gasteiger partial charge in [0.1, 0.15) is 4.34 Å². The lowest BCUT2D eigenvalue weighted by molar-refractivity contribution is 0.404. The number of H-pyrrole nitrogens is 1. The number of ether oxygens (including phenoxy) is 1. The van der Waals surface area contributed by atoms with E-state index in [1.54, 1.807) is 19.3 Å². The molecule has 0 bridgehead atoms. The predicted molar refractivity (Wildman–Crippen MR) is 77.6 cm³/mol. The molecule has 0 spiro atoms. The lowest BCUT2D eigenvalue weighted by Gasteiger charge is -2.16. The zero-order valence-corrected chi connectivity index (χ0v) is 12.4. The van der Waals surface area contributed by atoms with Gasteiger partial charge in [-0.3, -0.25) is 4.79 Å². The molecule has 0 radical (unpaired) electrons. The predicted octanol–water partition coefficient (Wildman–Crippen LogP) is 2.44. The first-order valence-corrected chi connectivity index (χ1v) is 6.80. The van der Waals surface area contributed by atoms with E-state index in [4.69, 9.17) is 16.3 Å². The van der Waals surface area contributed by atoms with Gasteiger partial charge in [-0.1, -0.05) is 22.9 Å². The van der Waals surface area contributed by atoms with Crippen molar-refractivity contribution >= 4 is 28.1 Å². The molecule has 2 rings (SSSR count). The maximum Gasteiger partial charge on any atom is 0.228 e. The minimum Gasteiger partial charge on any atom is -0.491 e. The molecule has 2 heterocycles. The van der Waals surface area contributed by atoms with Gasteiger partial charge in [-0.05, 0) is 6.92 Å². The van der Waals surface area contributed by atoms with Crippen LogP contribution in [0.15, 0.2) is 17.2 Å². The van der Waals surface area contributed by atoms with E-state index in [-0.39, 0.29) is 5.43 Å². The Morgan fingerprint density at radius 3 is 2.89 bits per heavy atom. The Morgan fingerprint density at radius 1 is 1.58 bits per heavy atom. The van der Waals surface area contributed by atoms with Gasteiger partial charge in [-0.25, -0.2) is 4.98 Å². The quantitative estimate of drug-likeness (QED) is 0.942. The molecule has 102 valence electrons. The highest BCUT2D eigenvalue weighted by molar-refractivity contribution is 7.19. The van der Waals surface area contributed by atoms with E-state index in [9.17, 15) is 4.79 Å². The maximum absolute atomic E-state index is 12.2. The van der Waals surface area contributed by atoms with E-state index in [0.29, 0.717) is 22.2 Å². The molecule has 0 fully saturated rings. The van der Waals surface area contributed by atoms with E-state index >= 15 is 0 Å². The summed E-state index contributed by atoms with van der Waals surface area (Å²) in [6, 6.07) is 0. The number of hydrogen-bond donors (Lipinski definition) is 1. The molecule has 0 aliphatic carbocycles. The fraction of sp³-hybridized carbons (Fsp3) is 0.333. The van der Waals surface area contributed by atoms with Gasteiger partial charge in [-0.2, -0.15) is 0 Å². The summed E-state index contributed by atoms with van der Waals surface area (Å²) < 4.78 is 5.73. The van der Waals surface area contributed by atoms with Crippen molar-refractivity contribution in [1.82, 2.24) is 9.97 Å². The highest BCUT2D eigenvalue weighted by Crippen LogP contribution is 2.26. The fourth-order valence-corrected chi connectivity index (χ4v) is 2.61. The number of nitrogens with one attached hydrogen (secondary N) is 1. The second kappa shape index (κ2) is 5.63. The average molecular weight is 300 g/mol. The Kier molecular flexibility index (Phi) is 4.11. The molecule has 0 aliphatic rings. The van der Waals surface area contributed by atoms with Gasteiger partial charge in [0.15, 0.2) is 10.9 Å². The minimum atomic E-state index is -0.103. The van der Waals surface area contributed by atoms with Crippen LogP contribution in [-0.2, 0) is 6.54 Å². The molecule has 0 saturated carbocycles. The van der Waals surface area contributed by atoms with Gasteiger partial charge < -0.3 is 14.6 Å². The number of aromatic nitrogens is 2. The van der Waals surface area contributed by atoms with Gasteiger partial charge >= 0.3 is 0 Å². The number of aromatic amines is 1. The van der Waals surface area contributed by atoms with Crippen LogP contribution < -0.4 is 15.1 Å². The first-order chi connectivity index (χ1) is 9.02. The molecule has 1 N–H and O–H groups in total. The van der Waals surface area contributed by atoms with E-state index in [1.165, 1.54) is 18.4 Å². The molecule has 0 saturated heterocycles. The van der Waals surface area contributed by atoms with Crippen LogP contribution in [0.25, 0.3) is 0 Å². The fourth-order valence-electron chi connectivity index (χ4n) is 1.75. The van der Waals surface area contributed by atoms with Crippen LogP contribution in [0.3, 0.4) is 0 Å². The van der Waals surface area contributed by atoms with E-state index in [2.05, 4.69) is 9.97 Å². The van der Waals surface area contributed by atoms with Gasteiger partial charge in [-0.15, -0.1) is 0 Å². The molecule has 0 aliphatic heterocycles. The molecule has 0 aromatic carbocycles. The molecular weight excluding hydrogens is 286 g/mol. The van der Waals surface area contributed by atoms with Crippen molar-refractivity contribution in [3.63, 3.8) is 0 Å². The van der Waals surface area contributed by atoms with Gasteiger partial charge in [0.2, 0.25) is 5.43 Å². The number of anilines is 1. The largest absolute Gasteiger partial charge is 0.491 e. The van der Waals surface area contributed by atoms with Crippen LogP contribution in [0.1, 0.15) is 11.3 Å². The van der Waals surface area contributed by atoms with Crippen LogP contribution in [0.4, 0.5) is 5.13 Å². The average Bonchev–Trinajstić information content (AvgIpc) is 2.80. The molecule has 0 atom stereocenters. The van der Waals surface area contributed by atoms with Crippen molar-refractivity contribution in [3.8, 4) is 5.75 Å². The third-order valence-corrected chi connectivity index (χ3v) is 3.93. The Labute approximate surface area is 119 Å². The third-order valence-electron chi connectivity index (χ3n) is 2.70. The highest BCUT2D eigenvalue weighted by Gasteiger charge is 2.13. The molecule has 2 aromatic heterocycles. The molecule has 19 heavy (non-hydrogen) atoms. The van der Waals surface area contributed by atoms with Crippen molar-refractivity contribution in [2.75, 3.05) is 19.1 Å². The molecule has 0 unspecified atom stereocenters. The van der Waals surface area contributed by atoms with E-state index < -0.39 is 0 Å². The second-order valence-electron chi connectivity index (χ2n) is 4.10. The lowest BCUT2D eigenvalue weighted by atomic mass is 10.2. The molecule has 7 heteroatoms. The SMILES string of the molecule is COc1c(C)[nH]cc(CN(C)c2ncc(Cl)s2)c1=O. The maximum atomic E-state index is 12.2. The summed E-state index contributed by atoms with van der Waals surface area (Å²) in [4.78, 5) is 21.2. The summed E-state index contributed by atoms with van der Waals surface area (Å²) >= 11 is 7.22. The van der Waals surface area contributed by atoms with E-state index in [1.807, 2.05) is 11.9 Å². The van der Waals surface area contributed by atoms with Crippen LogP contribution >= 0.6 is 22.9 Å². The Hall–Kier alpha value is -1.53. The molecule has 5 nitrogen and oxygen atoms in total. The van der Waals surface area contributed by atoms with Crippen LogP contribution in [0.5, 0.6) is 5.75 Å². The summed E-state index contributed by atoms with van der Waals surface area (Å²) in [6.45, 7) is 2.24. The number of pyridine rings is 1. The van der Waals surface area contributed by atoms with Crippen LogP contribution in [0, 0.1) is 6.92 Å². The first-order valence-electron chi connectivity index (χ1n) is 5.60. The normalized spacial score (nSPS) is 10.5. The lowest BCUT2D eigenvalue weighted by Crippen LogP contribution is -2.23. The molecular formula is C12H14ClN3O2S. The Balaban J connectivity index is 2.27. The number of aryl methyl sites for hydroxylation is 1. The van der Waals surface area contributed by atoms with E-state index in [0.717, 1.165) is 10.8 Å². The number of hydrogen-bond acceptors (Lipinski definition) is 5. The number of methoxy groups -OCH3 is 1.